The van der Waals surface area contributed by atoms with Crippen LogP contribution >= 0.6 is 0 Å². The molecule has 0 spiro atoms. The van der Waals surface area contributed by atoms with Crippen molar-refractivity contribution in [2.45, 2.75) is 71.3 Å². The minimum Gasteiger partial charge on any atom is -0.381 e. The quantitative estimate of drug-likeness (QED) is 0.716. The molecular weight excluding hydrogens is 236 g/mol. The molecule has 0 radical (unpaired) electrons. The molecule has 0 N–H and O–H groups in total. The van der Waals surface area contributed by atoms with Gasteiger partial charge in [0, 0.05) is 20.0 Å². The van der Waals surface area contributed by atoms with E-state index in [2.05, 4.69) is 13.8 Å². The van der Waals surface area contributed by atoms with Gasteiger partial charge in [-0.15, -0.1) is 0 Å². The third kappa shape index (κ3) is 1.90. The lowest BCUT2D eigenvalue weighted by Crippen LogP contribution is -2.52. The van der Waals surface area contributed by atoms with Crippen molar-refractivity contribution in [1.82, 2.24) is 0 Å². The fraction of sp³-hybridized carbons (Fsp3) is 0.941. The van der Waals surface area contributed by atoms with E-state index in [1.165, 1.54) is 25.7 Å². The minimum absolute atomic E-state index is 0.277. The second kappa shape index (κ2) is 4.58. The highest BCUT2D eigenvalue weighted by Gasteiger charge is 2.60. The predicted molar refractivity (Wildman–Crippen MR) is 75.9 cm³/mol. The zero-order valence-electron chi connectivity index (χ0n) is 12.7. The van der Waals surface area contributed by atoms with E-state index < -0.39 is 0 Å². The number of hydrogen-bond donors (Lipinski definition) is 0. The van der Waals surface area contributed by atoms with Crippen molar-refractivity contribution in [3.63, 3.8) is 0 Å². The van der Waals surface area contributed by atoms with Gasteiger partial charge in [-0.25, -0.2) is 0 Å². The molecule has 0 heterocycles. The Balaban J connectivity index is 2.04. The topological polar surface area (TPSA) is 26.3 Å². The van der Waals surface area contributed by atoms with Gasteiger partial charge in [0.15, 0.2) is 0 Å². The van der Waals surface area contributed by atoms with E-state index in [4.69, 9.17) is 4.74 Å². The van der Waals surface area contributed by atoms with E-state index in [0.29, 0.717) is 23.2 Å². The molecule has 3 saturated carbocycles. The van der Waals surface area contributed by atoms with Gasteiger partial charge < -0.3 is 4.74 Å². The van der Waals surface area contributed by atoms with Crippen molar-refractivity contribution in [3.8, 4) is 0 Å². The summed E-state index contributed by atoms with van der Waals surface area (Å²) in [5.74, 6) is 1.89. The van der Waals surface area contributed by atoms with Gasteiger partial charge >= 0.3 is 0 Å². The van der Waals surface area contributed by atoms with Crippen LogP contribution in [0.4, 0.5) is 0 Å². The average Bonchev–Trinajstić information content (AvgIpc) is 2.73. The molecule has 3 rings (SSSR count). The Hall–Kier alpha value is -0.370. The van der Waals surface area contributed by atoms with E-state index >= 15 is 0 Å². The summed E-state index contributed by atoms with van der Waals surface area (Å²) >= 11 is 0. The maximum atomic E-state index is 12.2. The highest BCUT2D eigenvalue weighted by molar-refractivity contribution is 5.79. The highest BCUT2D eigenvalue weighted by Crippen LogP contribution is 2.65. The molecule has 2 bridgehead atoms. The molecule has 108 valence electrons. The molecule has 3 aliphatic rings. The summed E-state index contributed by atoms with van der Waals surface area (Å²) in [5, 5.41) is 0. The van der Waals surface area contributed by atoms with Crippen LogP contribution in [0, 0.1) is 22.7 Å². The van der Waals surface area contributed by atoms with Crippen LogP contribution < -0.4 is 0 Å². The van der Waals surface area contributed by atoms with Gasteiger partial charge in [-0.05, 0) is 61.2 Å². The summed E-state index contributed by atoms with van der Waals surface area (Å²) in [4.78, 5) is 12.2. The number of carbonyl (C=O) groups is 1. The molecule has 0 aromatic rings. The van der Waals surface area contributed by atoms with Gasteiger partial charge in [0.2, 0.25) is 0 Å². The van der Waals surface area contributed by atoms with E-state index in [-0.39, 0.29) is 5.41 Å². The second-order valence-electron chi connectivity index (χ2n) is 7.67. The largest absolute Gasteiger partial charge is 0.381 e. The number of Topliss-reactive ketones (excluding diaryl/α,β-unsaturated/α-hetero) is 1. The van der Waals surface area contributed by atoms with Gasteiger partial charge in [-0.2, -0.15) is 0 Å². The summed E-state index contributed by atoms with van der Waals surface area (Å²) in [6.07, 6.45) is 9.26. The zero-order chi connectivity index (χ0) is 13.7. The van der Waals surface area contributed by atoms with Crippen molar-refractivity contribution in [2.75, 3.05) is 7.11 Å². The van der Waals surface area contributed by atoms with Gasteiger partial charge in [0.1, 0.15) is 5.78 Å². The first-order chi connectivity index (χ1) is 9.02. The van der Waals surface area contributed by atoms with Crippen molar-refractivity contribution in [2.24, 2.45) is 22.7 Å². The van der Waals surface area contributed by atoms with Crippen LogP contribution in [0.2, 0.25) is 0 Å². The number of ether oxygens (including phenoxy) is 1. The number of ketones is 1. The first-order valence-corrected chi connectivity index (χ1v) is 8.06. The van der Waals surface area contributed by atoms with Crippen LogP contribution in [-0.4, -0.2) is 19.0 Å². The Labute approximate surface area is 117 Å². The maximum absolute atomic E-state index is 12.2. The van der Waals surface area contributed by atoms with Crippen molar-refractivity contribution in [3.05, 3.63) is 0 Å². The van der Waals surface area contributed by atoms with Gasteiger partial charge in [-0.3, -0.25) is 4.79 Å². The molecule has 19 heavy (non-hydrogen) atoms. The number of rotatable bonds is 1. The van der Waals surface area contributed by atoms with Gasteiger partial charge in [-0.1, -0.05) is 13.8 Å². The molecule has 0 aromatic carbocycles. The predicted octanol–water partition coefficient (Wildman–Crippen LogP) is 3.98. The SMILES string of the molecule is CO[C@@H]1CC[C@@]23CC[C@@H](C)[C@@](C)(CCCC(=O)C2)[C@@H]13. The fourth-order valence-corrected chi connectivity index (χ4v) is 5.78. The molecule has 3 aliphatic carbocycles. The molecule has 3 fully saturated rings. The smallest absolute Gasteiger partial charge is 0.133 e. The third-order valence-corrected chi connectivity index (χ3v) is 6.89. The second-order valence-corrected chi connectivity index (χ2v) is 7.67. The molecule has 0 saturated heterocycles. The molecule has 2 nitrogen and oxygen atoms in total. The molecular formula is C17H28O2. The summed E-state index contributed by atoms with van der Waals surface area (Å²) < 4.78 is 5.85. The Morgan fingerprint density at radius 3 is 2.68 bits per heavy atom. The Kier molecular flexibility index (Phi) is 3.28. The van der Waals surface area contributed by atoms with E-state index in [1.54, 1.807) is 0 Å². The molecule has 0 aliphatic heterocycles. The van der Waals surface area contributed by atoms with Crippen LogP contribution in [0.5, 0.6) is 0 Å². The lowest BCUT2D eigenvalue weighted by Gasteiger charge is -2.56. The lowest BCUT2D eigenvalue weighted by atomic mass is 9.49. The third-order valence-electron chi connectivity index (χ3n) is 6.89. The van der Waals surface area contributed by atoms with Crippen molar-refractivity contribution in [1.29, 1.82) is 0 Å². The molecule has 0 unspecified atom stereocenters. The fourth-order valence-electron chi connectivity index (χ4n) is 5.78. The highest BCUT2D eigenvalue weighted by atomic mass is 16.5. The van der Waals surface area contributed by atoms with Crippen LogP contribution in [0.25, 0.3) is 0 Å². The van der Waals surface area contributed by atoms with Crippen LogP contribution in [0.15, 0.2) is 0 Å². The first kappa shape index (κ1) is 13.6. The van der Waals surface area contributed by atoms with Gasteiger partial charge in [0.05, 0.1) is 6.10 Å². The van der Waals surface area contributed by atoms with Crippen LogP contribution in [0.1, 0.15) is 65.2 Å². The standard InChI is InChI=1S/C17H28O2/c1-12-6-9-17-10-7-14(19-3)15(17)16(12,2)8-4-5-13(18)11-17/h12,14-15H,4-11H2,1-3H3/t12-,14-,15-,16-,17+/m1/s1. The van der Waals surface area contributed by atoms with Gasteiger partial charge in [0.25, 0.3) is 0 Å². The van der Waals surface area contributed by atoms with E-state index in [1.807, 2.05) is 7.11 Å². The summed E-state index contributed by atoms with van der Waals surface area (Å²) in [7, 11) is 1.87. The monoisotopic (exact) mass is 264 g/mol. The Morgan fingerprint density at radius 2 is 1.95 bits per heavy atom. The summed E-state index contributed by atoms with van der Waals surface area (Å²) in [6, 6.07) is 0. The average molecular weight is 264 g/mol. The summed E-state index contributed by atoms with van der Waals surface area (Å²) in [6.45, 7) is 4.92. The Morgan fingerprint density at radius 1 is 1.21 bits per heavy atom. The molecule has 0 amide bonds. The number of methoxy groups -OCH3 is 1. The zero-order valence-corrected chi connectivity index (χ0v) is 12.7. The number of hydrogen-bond acceptors (Lipinski definition) is 2. The first-order valence-electron chi connectivity index (χ1n) is 8.06. The maximum Gasteiger partial charge on any atom is 0.133 e. The van der Waals surface area contributed by atoms with E-state index in [9.17, 15) is 4.79 Å². The molecule has 0 aromatic heterocycles. The normalized spacial score (nSPS) is 50.5. The van der Waals surface area contributed by atoms with Crippen LogP contribution in [-0.2, 0) is 9.53 Å². The Bertz CT molecular complexity index is 377. The molecule has 2 heteroatoms. The molecule has 5 atom stereocenters. The van der Waals surface area contributed by atoms with Crippen molar-refractivity contribution >= 4 is 5.78 Å². The lowest BCUT2D eigenvalue weighted by molar-refractivity contribution is -0.137. The van der Waals surface area contributed by atoms with Crippen LogP contribution in [0.3, 0.4) is 0 Å². The minimum atomic E-state index is 0.277. The van der Waals surface area contributed by atoms with E-state index in [0.717, 1.165) is 31.6 Å². The number of carbonyl (C=O) groups excluding carboxylic acids is 1. The van der Waals surface area contributed by atoms with Crippen molar-refractivity contribution < 1.29 is 9.53 Å². The summed E-state index contributed by atoms with van der Waals surface area (Å²) in [5.41, 5.74) is 0.662.